The van der Waals surface area contributed by atoms with E-state index in [9.17, 15) is 0 Å². The molecule has 296 valence electrons. The van der Waals surface area contributed by atoms with Crippen molar-refractivity contribution in [2.45, 2.75) is 5.41 Å². The van der Waals surface area contributed by atoms with Crippen LogP contribution in [0.1, 0.15) is 22.3 Å². The smallest absolute Gasteiger partial charge is 0.137 e. The number of para-hydroxylation sites is 1. The maximum Gasteiger partial charge on any atom is 0.137 e. The number of benzene rings is 10. The van der Waals surface area contributed by atoms with Crippen molar-refractivity contribution in [1.82, 2.24) is 0 Å². The molecule has 10 aromatic carbocycles. The zero-order valence-corrected chi connectivity index (χ0v) is 34.5. The Balaban J connectivity index is 1.22. The largest absolute Gasteiger partial charge is 0.456 e. The zero-order chi connectivity index (χ0) is 41.7. The molecule has 2 nitrogen and oxygen atoms in total. The van der Waals surface area contributed by atoms with Crippen LogP contribution in [0, 0.1) is 0 Å². The van der Waals surface area contributed by atoms with Gasteiger partial charge in [0.15, 0.2) is 0 Å². The lowest BCUT2D eigenvalue weighted by Crippen LogP contribution is -2.28. The fourth-order valence-corrected chi connectivity index (χ4v) is 10.4. The van der Waals surface area contributed by atoms with Crippen LogP contribution in [0.5, 0.6) is 0 Å². The van der Waals surface area contributed by atoms with E-state index in [0.717, 1.165) is 61.3 Å². The van der Waals surface area contributed by atoms with Crippen molar-refractivity contribution in [3.8, 4) is 44.5 Å². The van der Waals surface area contributed by atoms with Gasteiger partial charge in [0.05, 0.1) is 22.2 Å². The molecule has 0 fully saturated rings. The molecule has 0 saturated heterocycles. The molecule has 1 aliphatic carbocycles. The molecular weight excluding hydrogens is 763 g/mol. The zero-order valence-electron chi connectivity index (χ0n) is 34.5. The average molecular weight is 804 g/mol. The molecule has 11 aromatic rings. The van der Waals surface area contributed by atoms with Gasteiger partial charge in [-0.25, -0.2) is 0 Å². The van der Waals surface area contributed by atoms with E-state index in [1.54, 1.807) is 0 Å². The second kappa shape index (κ2) is 15.1. The Morgan fingerprint density at radius 1 is 0.333 bits per heavy atom. The fraction of sp³-hybridized carbons (Fsp3) is 0.0164. The van der Waals surface area contributed by atoms with Gasteiger partial charge in [-0.05, 0) is 97.6 Å². The van der Waals surface area contributed by atoms with Gasteiger partial charge >= 0.3 is 0 Å². The normalized spacial score (nSPS) is 12.6. The standard InChI is InChI=1S/C61H41NO/c1-5-21-42(22-6-1)47-29-13-14-31-51(47)59-48(43-23-7-2-8-24-43)33-19-35-55(59)62(56-36-20-38-58-60(56)52-32-16-18-37-57(52)63-58)46-39-40-50-49-30-15-17-34-53(49)61(54(50)41-46,44-25-9-3-10-26-44)45-27-11-4-12-28-45/h1-41H. The Labute approximate surface area is 367 Å². The molecule has 1 aliphatic rings. The summed E-state index contributed by atoms with van der Waals surface area (Å²) >= 11 is 0. The first-order valence-corrected chi connectivity index (χ1v) is 21.7. The van der Waals surface area contributed by atoms with Gasteiger partial charge in [0, 0.05) is 16.6 Å². The summed E-state index contributed by atoms with van der Waals surface area (Å²) in [7, 11) is 0. The third-order valence-electron chi connectivity index (χ3n) is 13.0. The van der Waals surface area contributed by atoms with Gasteiger partial charge < -0.3 is 9.32 Å². The number of anilines is 3. The third kappa shape index (κ3) is 5.80. The summed E-state index contributed by atoms with van der Waals surface area (Å²) in [5, 5.41) is 2.15. The van der Waals surface area contributed by atoms with Crippen LogP contribution in [0.3, 0.4) is 0 Å². The quantitative estimate of drug-likeness (QED) is 0.152. The molecule has 0 radical (unpaired) electrons. The van der Waals surface area contributed by atoms with Crippen LogP contribution >= 0.6 is 0 Å². The maximum absolute atomic E-state index is 6.64. The van der Waals surface area contributed by atoms with E-state index in [1.165, 1.54) is 44.5 Å². The van der Waals surface area contributed by atoms with Crippen LogP contribution in [0.4, 0.5) is 17.1 Å². The third-order valence-corrected chi connectivity index (χ3v) is 13.0. The molecule has 2 heteroatoms. The van der Waals surface area contributed by atoms with Gasteiger partial charge in [0.25, 0.3) is 0 Å². The van der Waals surface area contributed by atoms with Crippen LogP contribution in [0.2, 0.25) is 0 Å². The van der Waals surface area contributed by atoms with E-state index in [2.05, 4.69) is 254 Å². The second-order valence-corrected chi connectivity index (χ2v) is 16.3. The van der Waals surface area contributed by atoms with Crippen molar-refractivity contribution >= 4 is 39.0 Å². The molecule has 0 unspecified atom stereocenters. The molecule has 63 heavy (non-hydrogen) atoms. The summed E-state index contributed by atoms with van der Waals surface area (Å²) in [6.45, 7) is 0. The monoisotopic (exact) mass is 803 g/mol. The molecule has 12 rings (SSSR count). The van der Waals surface area contributed by atoms with Crippen molar-refractivity contribution < 1.29 is 4.42 Å². The molecule has 0 atom stereocenters. The SMILES string of the molecule is c1ccc(-c2ccccc2-c2c(-c3ccccc3)cccc2N(c2ccc3c(c2)C(c2ccccc2)(c2ccccc2)c2ccccc2-3)c2cccc3oc4ccccc4c23)cc1. The number of furan rings is 1. The molecule has 1 aromatic heterocycles. The lowest BCUT2D eigenvalue weighted by atomic mass is 9.67. The minimum atomic E-state index is -0.570. The highest BCUT2D eigenvalue weighted by Crippen LogP contribution is 2.58. The summed E-state index contributed by atoms with van der Waals surface area (Å²) in [6, 6.07) is 90.4. The minimum absolute atomic E-state index is 0.570. The summed E-state index contributed by atoms with van der Waals surface area (Å²) in [4.78, 5) is 2.50. The van der Waals surface area contributed by atoms with E-state index >= 15 is 0 Å². The summed E-state index contributed by atoms with van der Waals surface area (Å²) in [5.41, 5.74) is 18.8. The molecule has 0 bridgehead atoms. The van der Waals surface area contributed by atoms with Gasteiger partial charge in [-0.2, -0.15) is 0 Å². The Morgan fingerprint density at radius 2 is 0.841 bits per heavy atom. The fourth-order valence-electron chi connectivity index (χ4n) is 10.4. The number of rotatable bonds is 8. The summed E-state index contributed by atoms with van der Waals surface area (Å²) < 4.78 is 6.64. The number of hydrogen-bond acceptors (Lipinski definition) is 2. The molecule has 0 saturated carbocycles. The van der Waals surface area contributed by atoms with Crippen LogP contribution < -0.4 is 4.90 Å². The van der Waals surface area contributed by atoms with Crippen molar-refractivity contribution in [2.24, 2.45) is 0 Å². The Kier molecular flexibility index (Phi) is 8.76. The summed E-state index contributed by atoms with van der Waals surface area (Å²) in [6.07, 6.45) is 0. The van der Waals surface area contributed by atoms with Gasteiger partial charge in [0.2, 0.25) is 0 Å². The Morgan fingerprint density at radius 3 is 1.56 bits per heavy atom. The Hall–Kier alpha value is -8.20. The van der Waals surface area contributed by atoms with E-state index < -0.39 is 5.41 Å². The molecule has 0 aliphatic heterocycles. The van der Waals surface area contributed by atoms with Gasteiger partial charge in [-0.1, -0.05) is 212 Å². The van der Waals surface area contributed by atoms with E-state index in [-0.39, 0.29) is 0 Å². The number of hydrogen-bond donors (Lipinski definition) is 0. The first-order valence-electron chi connectivity index (χ1n) is 21.7. The maximum atomic E-state index is 6.64. The minimum Gasteiger partial charge on any atom is -0.456 e. The van der Waals surface area contributed by atoms with Crippen LogP contribution in [-0.2, 0) is 5.41 Å². The topological polar surface area (TPSA) is 16.4 Å². The van der Waals surface area contributed by atoms with E-state index in [0.29, 0.717) is 0 Å². The first-order chi connectivity index (χ1) is 31.3. The molecule has 0 spiro atoms. The molecule has 0 amide bonds. The lowest BCUT2D eigenvalue weighted by Gasteiger charge is -2.35. The van der Waals surface area contributed by atoms with Gasteiger partial charge in [0.1, 0.15) is 11.2 Å². The lowest BCUT2D eigenvalue weighted by molar-refractivity contribution is 0.669. The second-order valence-electron chi connectivity index (χ2n) is 16.3. The van der Waals surface area contributed by atoms with Gasteiger partial charge in [-0.3, -0.25) is 0 Å². The van der Waals surface area contributed by atoms with Gasteiger partial charge in [-0.15, -0.1) is 0 Å². The van der Waals surface area contributed by atoms with Crippen LogP contribution in [0.15, 0.2) is 253 Å². The number of nitrogens with zero attached hydrogens (tertiary/aromatic N) is 1. The van der Waals surface area contributed by atoms with Crippen molar-refractivity contribution in [3.63, 3.8) is 0 Å². The van der Waals surface area contributed by atoms with E-state index in [4.69, 9.17) is 4.42 Å². The van der Waals surface area contributed by atoms with Crippen molar-refractivity contribution in [3.05, 3.63) is 271 Å². The molecule has 1 heterocycles. The van der Waals surface area contributed by atoms with Crippen molar-refractivity contribution in [1.29, 1.82) is 0 Å². The van der Waals surface area contributed by atoms with E-state index in [1.807, 2.05) is 0 Å². The highest BCUT2D eigenvalue weighted by atomic mass is 16.3. The Bertz CT molecular complexity index is 3400. The predicted octanol–water partition coefficient (Wildman–Crippen LogP) is 16.4. The highest BCUT2D eigenvalue weighted by Gasteiger charge is 2.46. The highest BCUT2D eigenvalue weighted by molar-refractivity contribution is 6.14. The van der Waals surface area contributed by atoms with Crippen LogP contribution in [0.25, 0.3) is 66.4 Å². The molecule has 0 N–H and O–H groups in total. The van der Waals surface area contributed by atoms with Crippen molar-refractivity contribution in [2.75, 3.05) is 4.90 Å². The number of fused-ring (bicyclic) bond motifs is 6. The van der Waals surface area contributed by atoms with Crippen LogP contribution in [-0.4, -0.2) is 0 Å². The average Bonchev–Trinajstić information content (AvgIpc) is 3.89. The first kappa shape index (κ1) is 36.6. The predicted molar refractivity (Wildman–Crippen MR) is 262 cm³/mol. The summed E-state index contributed by atoms with van der Waals surface area (Å²) in [5.74, 6) is 0. The molecular formula is C61H41NO.